The lowest BCUT2D eigenvalue weighted by Crippen LogP contribution is -2.15. The van der Waals surface area contributed by atoms with Gasteiger partial charge >= 0.3 is 0 Å². The summed E-state index contributed by atoms with van der Waals surface area (Å²) in [5.74, 6) is 0.188. The molecule has 0 aliphatic carbocycles. The van der Waals surface area contributed by atoms with Gasteiger partial charge < -0.3 is 10.1 Å². The summed E-state index contributed by atoms with van der Waals surface area (Å²) in [5.41, 5.74) is 0.643. The van der Waals surface area contributed by atoms with Gasteiger partial charge in [0.15, 0.2) is 0 Å². The summed E-state index contributed by atoms with van der Waals surface area (Å²) < 4.78 is 5.39. The van der Waals surface area contributed by atoms with Gasteiger partial charge in [0.25, 0.3) is 0 Å². The van der Waals surface area contributed by atoms with Crippen LogP contribution in [-0.2, 0) is 4.79 Å². The van der Waals surface area contributed by atoms with Gasteiger partial charge in [0.05, 0.1) is 24.3 Å². The molecule has 0 saturated carbocycles. The first kappa shape index (κ1) is 13.0. The number of hydrogen-bond acceptors (Lipinski definition) is 3. The van der Waals surface area contributed by atoms with Crippen LogP contribution in [0.15, 0.2) is 24.3 Å². The van der Waals surface area contributed by atoms with Crippen molar-refractivity contribution in [1.29, 1.82) is 5.26 Å². The Hall–Kier alpha value is -2.02. The van der Waals surface area contributed by atoms with Crippen LogP contribution in [0.2, 0.25) is 0 Å². The molecule has 0 radical (unpaired) electrons. The minimum Gasteiger partial charge on any atom is -0.492 e. The van der Waals surface area contributed by atoms with Crippen molar-refractivity contribution in [3.63, 3.8) is 0 Å². The summed E-state index contributed by atoms with van der Waals surface area (Å²) >= 11 is 0. The van der Waals surface area contributed by atoms with Gasteiger partial charge in [-0.25, -0.2) is 0 Å². The quantitative estimate of drug-likeness (QED) is 0.848. The van der Waals surface area contributed by atoms with Gasteiger partial charge in [-0.2, -0.15) is 5.26 Å². The van der Waals surface area contributed by atoms with Gasteiger partial charge in [0, 0.05) is 6.42 Å². The van der Waals surface area contributed by atoms with E-state index in [0.717, 1.165) is 0 Å². The van der Waals surface area contributed by atoms with Crippen molar-refractivity contribution in [3.05, 3.63) is 24.3 Å². The number of rotatable bonds is 5. The van der Waals surface area contributed by atoms with E-state index in [-0.39, 0.29) is 18.2 Å². The third-order valence-electron chi connectivity index (χ3n) is 2.17. The van der Waals surface area contributed by atoms with Gasteiger partial charge in [-0.15, -0.1) is 0 Å². The zero-order chi connectivity index (χ0) is 12.7. The molecule has 0 aliphatic heterocycles. The van der Waals surface area contributed by atoms with Crippen LogP contribution in [0.4, 0.5) is 5.69 Å². The molecule has 1 rings (SSSR count). The Balaban J connectivity index is 2.68. The summed E-state index contributed by atoms with van der Waals surface area (Å²) in [6.07, 6.45) is 0.191. The number of nitrogens with zero attached hydrogens (tertiary/aromatic N) is 1. The first-order chi connectivity index (χ1) is 8.17. The molecule has 90 valence electrons. The first-order valence-electron chi connectivity index (χ1n) is 5.58. The number of carbonyl (C=O) groups is 1. The molecule has 0 fully saturated rings. The van der Waals surface area contributed by atoms with Crippen LogP contribution in [0.25, 0.3) is 0 Å². The Labute approximate surface area is 101 Å². The molecule has 1 aromatic rings. The summed E-state index contributed by atoms with van der Waals surface area (Å²) in [6, 6.07) is 9.28. The van der Waals surface area contributed by atoms with E-state index in [9.17, 15) is 4.79 Å². The summed E-state index contributed by atoms with van der Waals surface area (Å²) in [6.45, 7) is 4.14. The molecule has 0 aliphatic rings. The molecule has 17 heavy (non-hydrogen) atoms. The topological polar surface area (TPSA) is 62.1 Å². The smallest absolute Gasteiger partial charge is 0.225 e. The number of hydrogen-bond donors (Lipinski definition) is 1. The van der Waals surface area contributed by atoms with Gasteiger partial charge in [-0.05, 0) is 26.0 Å². The minimum atomic E-state index is -0.283. The van der Waals surface area contributed by atoms with Crippen LogP contribution in [0.5, 0.6) is 5.75 Å². The molecule has 1 unspecified atom stereocenters. The van der Waals surface area contributed by atoms with Gasteiger partial charge in [-0.1, -0.05) is 12.1 Å². The van der Waals surface area contributed by atoms with Gasteiger partial charge in [0.2, 0.25) is 5.91 Å². The van der Waals surface area contributed by atoms with E-state index in [0.29, 0.717) is 18.0 Å². The highest BCUT2D eigenvalue weighted by molar-refractivity contribution is 5.92. The molecule has 0 heterocycles. The lowest BCUT2D eigenvalue weighted by molar-refractivity contribution is -0.116. The zero-order valence-corrected chi connectivity index (χ0v) is 10.1. The third-order valence-corrected chi connectivity index (χ3v) is 2.17. The molecule has 0 bridgehead atoms. The number of para-hydroxylation sites is 2. The minimum absolute atomic E-state index is 0.175. The monoisotopic (exact) mass is 232 g/mol. The molecular weight excluding hydrogens is 216 g/mol. The zero-order valence-electron chi connectivity index (χ0n) is 10.1. The number of carbonyl (C=O) groups excluding carboxylic acids is 1. The third kappa shape index (κ3) is 4.15. The predicted octanol–water partition coefficient (Wildman–Crippen LogP) is 2.57. The van der Waals surface area contributed by atoms with Crippen molar-refractivity contribution in [1.82, 2.24) is 0 Å². The number of amides is 1. The second kappa shape index (κ2) is 6.54. The molecule has 1 atom stereocenters. The average molecular weight is 232 g/mol. The molecular formula is C13H16N2O2. The van der Waals surface area contributed by atoms with Crippen LogP contribution in [0.1, 0.15) is 20.3 Å². The number of ether oxygens (including phenoxy) is 1. The van der Waals surface area contributed by atoms with E-state index < -0.39 is 0 Å². The standard InChI is InChI=1S/C13H16N2O2/c1-3-17-12-7-5-4-6-11(12)15-13(16)8-10(2)9-14/h4-7,10H,3,8H2,1-2H3,(H,15,16). The van der Waals surface area contributed by atoms with Crippen LogP contribution >= 0.6 is 0 Å². The highest BCUT2D eigenvalue weighted by atomic mass is 16.5. The lowest BCUT2D eigenvalue weighted by atomic mass is 10.1. The maximum Gasteiger partial charge on any atom is 0.225 e. The van der Waals surface area contributed by atoms with Gasteiger partial charge in [-0.3, -0.25) is 4.79 Å². The summed E-state index contributed by atoms with van der Waals surface area (Å²) in [7, 11) is 0. The second-order valence-electron chi connectivity index (χ2n) is 3.71. The van der Waals surface area contributed by atoms with Crippen molar-refractivity contribution in [2.75, 3.05) is 11.9 Å². The molecule has 0 spiro atoms. The van der Waals surface area contributed by atoms with E-state index in [1.807, 2.05) is 25.1 Å². The molecule has 0 aromatic heterocycles. The molecule has 0 saturated heterocycles. The number of anilines is 1. The Bertz CT molecular complexity index is 424. The summed E-state index contributed by atoms with van der Waals surface area (Å²) in [4.78, 5) is 11.6. The van der Waals surface area contributed by atoms with Crippen molar-refractivity contribution >= 4 is 11.6 Å². The van der Waals surface area contributed by atoms with Gasteiger partial charge in [0.1, 0.15) is 5.75 Å². The van der Waals surface area contributed by atoms with E-state index in [1.165, 1.54) is 0 Å². The average Bonchev–Trinajstić information content (AvgIpc) is 2.31. The van der Waals surface area contributed by atoms with Crippen molar-refractivity contribution in [2.24, 2.45) is 5.92 Å². The Morgan fingerprint density at radius 3 is 2.88 bits per heavy atom. The molecule has 4 nitrogen and oxygen atoms in total. The van der Waals surface area contributed by atoms with E-state index >= 15 is 0 Å². The van der Waals surface area contributed by atoms with Crippen LogP contribution in [0.3, 0.4) is 0 Å². The summed E-state index contributed by atoms with van der Waals surface area (Å²) in [5, 5.41) is 11.4. The predicted molar refractivity (Wildman–Crippen MR) is 65.6 cm³/mol. The molecule has 1 N–H and O–H groups in total. The highest BCUT2D eigenvalue weighted by Gasteiger charge is 2.10. The Kier molecular flexibility index (Phi) is 5.02. The van der Waals surface area contributed by atoms with Crippen molar-refractivity contribution < 1.29 is 9.53 Å². The fourth-order valence-corrected chi connectivity index (χ4v) is 1.38. The second-order valence-corrected chi connectivity index (χ2v) is 3.71. The maximum absolute atomic E-state index is 11.6. The lowest BCUT2D eigenvalue weighted by Gasteiger charge is -2.11. The molecule has 4 heteroatoms. The van der Waals surface area contributed by atoms with E-state index in [1.54, 1.807) is 19.1 Å². The van der Waals surface area contributed by atoms with Crippen LogP contribution < -0.4 is 10.1 Å². The van der Waals surface area contributed by atoms with Crippen LogP contribution in [-0.4, -0.2) is 12.5 Å². The van der Waals surface area contributed by atoms with Crippen molar-refractivity contribution in [3.8, 4) is 11.8 Å². The number of nitriles is 1. The Morgan fingerprint density at radius 1 is 1.53 bits per heavy atom. The number of benzene rings is 1. The molecule has 1 aromatic carbocycles. The number of nitrogens with one attached hydrogen (secondary N) is 1. The molecule has 1 amide bonds. The largest absolute Gasteiger partial charge is 0.492 e. The van der Waals surface area contributed by atoms with E-state index in [2.05, 4.69) is 5.32 Å². The first-order valence-corrected chi connectivity index (χ1v) is 5.58. The van der Waals surface area contributed by atoms with E-state index in [4.69, 9.17) is 10.00 Å². The fraction of sp³-hybridized carbons (Fsp3) is 0.385. The fourth-order valence-electron chi connectivity index (χ4n) is 1.38. The highest BCUT2D eigenvalue weighted by Crippen LogP contribution is 2.23. The Morgan fingerprint density at radius 2 is 2.24 bits per heavy atom. The SMILES string of the molecule is CCOc1ccccc1NC(=O)CC(C)C#N. The maximum atomic E-state index is 11.6. The van der Waals surface area contributed by atoms with Crippen LogP contribution in [0, 0.1) is 17.2 Å². The van der Waals surface area contributed by atoms with Crippen molar-refractivity contribution in [2.45, 2.75) is 20.3 Å². The normalized spacial score (nSPS) is 11.4.